The molecule has 0 spiro atoms. The second-order valence-corrected chi connectivity index (χ2v) is 5.46. The molecule has 0 aliphatic heterocycles. The summed E-state index contributed by atoms with van der Waals surface area (Å²) < 4.78 is 0. The molecular weight excluding hydrogens is 212 g/mol. The summed E-state index contributed by atoms with van der Waals surface area (Å²) in [4.78, 5) is 8.28. The number of hydrogen-bond donors (Lipinski definition) is 1. The topological polar surface area (TPSA) is 61.6 Å². The van der Waals surface area contributed by atoms with Crippen molar-refractivity contribution < 1.29 is 0 Å². The molecular formula is C13H18N4. The zero-order chi connectivity index (χ0) is 12.3. The van der Waals surface area contributed by atoms with Gasteiger partial charge in [0.25, 0.3) is 0 Å². The summed E-state index contributed by atoms with van der Waals surface area (Å²) in [5, 5.41) is 12.1. The van der Waals surface area contributed by atoms with E-state index < -0.39 is 0 Å². The van der Waals surface area contributed by atoms with E-state index in [2.05, 4.69) is 29.1 Å². The van der Waals surface area contributed by atoms with Crippen LogP contribution in [0.1, 0.15) is 45.2 Å². The molecule has 1 fully saturated rings. The van der Waals surface area contributed by atoms with Gasteiger partial charge in [0.2, 0.25) is 5.95 Å². The molecule has 2 rings (SSSR count). The predicted molar refractivity (Wildman–Crippen MR) is 66.4 cm³/mol. The number of nitrogens with zero attached hydrogens (tertiary/aromatic N) is 3. The smallest absolute Gasteiger partial charge is 0.224 e. The van der Waals surface area contributed by atoms with Crippen molar-refractivity contribution >= 4 is 5.95 Å². The predicted octanol–water partition coefficient (Wildman–Crippen LogP) is 2.73. The van der Waals surface area contributed by atoms with Crippen molar-refractivity contribution in [2.75, 3.05) is 5.32 Å². The highest BCUT2D eigenvalue weighted by atomic mass is 15.1. The Morgan fingerprint density at radius 2 is 2.12 bits per heavy atom. The highest BCUT2D eigenvalue weighted by Gasteiger charge is 2.26. The van der Waals surface area contributed by atoms with Crippen molar-refractivity contribution in [2.45, 2.75) is 45.6 Å². The Labute approximate surface area is 102 Å². The summed E-state index contributed by atoms with van der Waals surface area (Å²) in [5.74, 6) is 0.578. The Bertz CT molecular complexity index is 423. The molecule has 1 saturated carbocycles. The fraction of sp³-hybridized carbons (Fsp3) is 0.615. The molecule has 0 atom stereocenters. The van der Waals surface area contributed by atoms with E-state index >= 15 is 0 Å². The molecule has 0 unspecified atom stereocenters. The molecule has 1 aromatic rings. The lowest BCUT2D eigenvalue weighted by molar-refractivity contribution is 0.232. The fourth-order valence-electron chi connectivity index (χ4n) is 2.22. The van der Waals surface area contributed by atoms with Crippen LogP contribution < -0.4 is 5.32 Å². The first-order valence-electron chi connectivity index (χ1n) is 6.09. The minimum atomic E-state index is 0.415. The van der Waals surface area contributed by atoms with E-state index in [1.54, 1.807) is 12.3 Å². The van der Waals surface area contributed by atoms with Crippen LogP contribution in [0.5, 0.6) is 0 Å². The maximum Gasteiger partial charge on any atom is 0.224 e. The Morgan fingerprint density at radius 3 is 2.76 bits per heavy atom. The molecule has 0 aromatic carbocycles. The van der Waals surface area contributed by atoms with Crippen molar-refractivity contribution in [2.24, 2.45) is 5.41 Å². The standard InChI is InChI=1S/C13H18N4/c1-13(2)6-3-10(4-7-13)16-12-15-8-5-11(9-14)17-12/h5,8,10H,3-4,6-7H2,1-2H3,(H,15,16,17). The monoisotopic (exact) mass is 230 g/mol. The summed E-state index contributed by atoms with van der Waals surface area (Å²) in [5.41, 5.74) is 0.881. The molecule has 4 nitrogen and oxygen atoms in total. The van der Waals surface area contributed by atoms with Gasteiger partial charge in [-0.05, 0) is 37.2 Å². The lowest BCUT2D eigenvalue weighted by atomic mass is 9.76. The molecule has 1 aliphatic carbocycles. The van der Waals surface area contributed by atoms with Gasteiger partial charge in [-0.1, -0.05) is 13.8 Å². The summed E-state index contributed by atoms with van der Waals surface area (Å²) in [6.45, 7) is 4.63. The van der Waals surface area contributed by atoms with Gasteiger partial charge in [0.1, 0.15) is 11.8 Å². The SMILES string of the molecule is CC1(C)CCC(Nc2nccc(C#N)n2)CC1. The summed E-state index contributed by atoms with van der Waals surface area (Å²) in [6.07, 6.45) is 6.37. The molecule has 1 heterocycles. The Balaban J connectivity index is 1.96. The zero-order valence-corrected chi connectivity index (χ0v) is 10.4. The van der Waals surface area contributed by atoms with Gasteiger partial charge in [0.15, 0.2) is 0 Å². The Hall–Kier alpha value is -1.63. The quantitative estimate of drug-likeness (QED) is 0.848. The van der Waals surface area contributed by atoms with Gasteiger partial charge in [-0.3, -0.25) is 0 Å². The first-order valence-corrected chi connectivity index (χ1v) is 6.09. The van der Waals surface area contributed by atoms with Crippen LogP contribution in [0.4, 0.5) is 5.95 Å². The molecule has 0 amide bonds. The van der Waals surface area contributed by atoms with Gasteiger partial charge >= 0.3 is 0 Å². The van der Waals surface area contributed by atoms with Crippen molar-refractivity contribution in [3.05, 3.63) is 18.0 Å². The molecule has 1 aliphatic rings. The number of nitrogens with one attached hydrogen (secondary N) is 1. The van der Waals surface area contributed by atoms with Crippen LogP contribution in [0.15, 0.2) is 12.3 Å². The van der Waals surface area contributed by atoms with E-state index in [0.717, 1.165) is 12.8 Å². The van der Waals surface area contributed by atoms with E-state index in [4.69, 9.17) is 5.26 Å². The van der Waals surface area contributed by atoms with E-state index in [1.165, 1.54) is 12.8 Å². The number of rotatable bonds is 2. The third-order valence-electron chi connectivity index (χ3n) is 3.44. The number of anilines is 1. The van der Waals surface area contributed by atoms with Crippen LogP contribution in [-0.2, 0) is 0 Å². The molecule has 0 bridgehead atoms. The summed E-state index contributed by atoms with van der Waals surface area (Å²) >= 11 is 0. The third kappa shape index (κ3) is 3.16. The first-order chi connectivity index (χ1) is 8.09. The van der Waals surface area contributed by atoms with Crippen molar-refractivity contribution in [1.29, 1.82) is 5.26 Å². The van der Waals surface area contributed by atoms with Crippen LogP contribution in [0, 0.1) is 16.7 Å². The maximum absolute atomic E-state index is 8.77. The van der Waals surface area contributed by atoms with Gasteiger partial charge in [-0.2, -0.15) is 5.26 Å². The van der Waals surface area contributed by atoms with Crippen LogP contribution in [0.2, 0.25) is 0 Å². The van der Waals surface area contributed by atoms with E-state index in [1.807, 2.05) is 6.07 Å². The maximum atomic E-state index is 8.77. The average molecular weight is 230 g/mol. The fourth-order valence-corrected chi connectivity index (χ4v) is 2.22. The Morgan fingerprint density at radius 1 is 1.41 bits per heavy atom. The first kappa shape index (κ1) is 11.8. The third-order valence-corrected chi connectivity index (χ3v) is 3.44. The van der Waals surface area contributed by atoms with Gasteiger partial charge in [-0.15, -0.1) is 0 Å². The van der Waals surface area contributed by atoms with E-state index in [-0.39, 0.29) is 0 Å². The minimum absolute atomic E-state index is 0.415. The number of aromatic nitrogens is 2. The lowest BCUT2D eigenvalue weighted by Gasteiger charge is -2.34. The summed E-state index contributed by atoms with van der Waals surface area (Å²) in [7, 11) is 0. The van der Waals surface area contributed by atoms with E-state index in [9.17, 15) is 0 Å². The highest BCUT2D eigenvalue weighted by Crippen LogP contribution is 2.35. The Kier molecular flexibility index (Phi) is 3.28. The molecule has 1 aromatic heterocycles. The minimum Gasteiger partial charge on any atom is -0.351 e. The van der Waals surface area contributed by atoms with Crippen LogP contribution >= 0.6 is 0 Å². The molecule has 1 N–H and O–H groups in total. The van der Waals surface area contributed by atoms with Crippen LogP contribution in [0.25, 0.3) is 0 Å². The molecule has 0 radical (unpaired) electrons. The second kappa shape index (κ2) is 4.70. The van der Waals surface area contributed by atoms with Crippen molar-refractivity contribution in [3.63, 3.8) is 0 Å². The normalized spacial score (nSPS) is 19.6. The van der Waals surface area contributed by atoms with Crippen molar-refractivity contribution in [1.82, 2.24) is 9.97 Å². The summed E-state index contributed by atoms with van der Waals surface area (Å²) in [6, 6.07) is 4.09. The van der Waals surface area contributed by atoms with Gasteiger partial charge in [0, 0.05) is 12.2 Å². The number of hydrogen-bond acceptors (Lipinski definition) is 4. The number of nitriles is 1. The molecule has 90 valence electrons. The largest absolute Gasteiger partial charge is 0.351 e. The van der Waals surface area contributed by atoms with Crippen molar-refractivity contribution in [3.8, 4) is 6.07 Å². The van der Waals surface area contributed by atoms with Crippen LogP contribution in [-0.4, -0.2) is 16.0 Å². The molecule has 4 heteroatoms. The lowest BCUT2D eigenvalue weighted by Crippen LogP contribution is -2.30. The highest BCUT2D eigenvalue weighted by molar-refractivity contribution is 5.31. The zero-order valence-electron chi connectivity index (χ0n) is 10.4. The van der Waals surface area contributed by atoms with E-state index in [0.29, 0.717) is 23.1 Å². The average Bonchev–Trinajstić information content (AvgIpc) is 2.32. The second-order valence-electron chi connectivity index (χ2n) is 5.46. The van der Waals surface area contributed by atoms with Gasteiger partial charge in [0.05, 0.1) is 0 Å². The molecule has 0 saturated heterocycles. The van der Waals surface area contributed by atoms with Gasteiger partial charge in [-0.25, -0.2) is 9.97 Å². The van der Waals surface area contributed by atoms with Gasteiger partial charge < -0.3 is 5.32 Å². The van der Waals surface area contributed by atoms with Crippen LogP contribution in [0.3, 0.4) is 0 Å². The molecule has 17 heavy (non-hydrogen) atoms.